The maximum atomic E-state index is 12.4. The van der Waals surface area contributed by atoms with Crippen LogP contribution in [-0.2, 0) is 17.8 Å². The van der Waals surface area contributed by atoms with Gasteiger partial charge in [-0.15, -0.1) is 0 Å². The number of carbonyl (C=O) groups excluding carboxylic acids is 2. The molecule has 0 radical (unpaired) electrons. The Morgan fingerprint density at radius 2 is 2.00 bits per heavy atom. The first kappa shape index (κ1) is 21.0. The molecular weight excluding hydrogens is 466 g/mol. The monoisotopic (exact) mass is 483 g/mol. The van der Waals surface area contributed by atoms with Crippen molar-refractivity contribution in [3.63, 3.8) is 0 Å². The van der Waals surface area contributed by atoms with Crippen molar-refractivity contribution in [2.75, 3.05) is 13.7 Å². The van der Waals surface area contributed by atoms with E-state index in [2.05, 4.69) is 15.9 Å². The van der Waals surface area contributed by atoms with Crippen LogP contribution in [0.2, 0.25) is 5.02 Å². The van der Waals surface area contributed by atoms with E-state index < -0.39 is 5.25 Å². The van der Waals surface area contributed by atoms with Crippen molar-refractivity contribution in [3.05, 3.63) is 57.0 Å². The van der Waals surface area contributed by atoms with Gasteiger partial charge in [-0.3, -0.25) is 14.5 Å². The molecule has 148 valence electrons. The molecule has 0 N–H and O–H groups in total. The molecule has 1 atom stereocenters. The number of nitrogens with zero attached hydrogens (tertiary/aromatic N) is 1. The van der Waals surface area contributed by atoms with Crippen LogP contribution in [0.25, 0.3) is 0 Å². The zero-order chi connectivity index (χ0) is 20.3. The van der Waals surface area contributed by atoms with Crippen LogP contribution in [0.3, 0.4) is 0 Å². The average molecular weight is 485 g/mol. The number of ether oxygens (including phenoxy) is 2. The third kappa shape index (κ3) is 4.64. The predicted molar refractivity (Wildman–Crippen MR) is 114 cm³/mol. The molecule has 5 nitrogen and oxygen atoms in total. The van der Waals surface area contributed by atoms with E-state index in [0.717, 1.165) is 27.4 Å². The minimum Gasteiger partial charge on any atom is -0.493 e. The largest absolute Gasteiger partial charge is 0.493 e. The van der Waals surface area contributed by atoms with Gasteiger partial charge in [0.15, 0.2) is 11.5 Å². The van der Waals surface area contributed by atoms with Crippen molar-refractivity contribution >= 4 is 50.4 Å². The number of benzene rings is 2. The zero-order valence-electron chi connectivity index (χ0n) is 15.4. The van der Waals surface area contributed by atoms with Crippen molar-refractivity contribution in [1.29, 1.82) is 0 Å². The van der Waals surface area contributed by atoms with E-state index in [4.69, 9.17) is 21.1 Å². The van der Waals surface area contributed by atoms with Crippen LogP contribution in [0.15, 0.2) is 40.9 Å². The molecule has 0 spiro atoms. The first-order valence-corrected chi connectivity index (χ1v) is 10.7. The Labute approximate surface area is 181 Å². The summed E-state index contributed by atoms with van der Waals surface area (Å²) in [7, 11) is 1.57. The number of methoxy groups -OCH3 is 1. The van der Waals surface area contributed by atoms with Gasteiger partial charge in [0.2, 0.25) is 5.91 Å². The lowest BCUT2D eigenvalue weighted by atomic mass is 10.1. The minimum atomic E-state index is -0.415. The maximum absolute atomic E-state index is 12.4. The quantitative estimate of drug-likeness (QED) is 0.532. The summed E-state index contributed by atoms with van der Waals surface area (Å²) in [5, 5.41) is 0.0455. The van der Waals surface area contributed by atoms with Gasteiger partial charge in [0, 0.05) is 11.6 Å². The Balaban J connectivity index is 1.76. The van der Waals surface area contributed by atoms with E-state index in [9.17, 15) is 9.59 Å². The smallest absolute Gasteiger partial charge is 0.289 e. The number of hydrogen-bond donors (Lipinski definition) is 0. The highest BCUT2D eigenvalue weighted by molar-refractivity contribution is 9.10. The maximum Gasteiger partial charge on any atom is 0.289 e. The summed E-state index contributed by atoms with van der Waals surface area (Å²) < 4.78 is 12.1. The third-order valence-corrected chi connectivity index (χ3v) is 6.20. The molecule has 1 fully saturated rings. The molecule has 2 aromatic rings. The molecule has 1 saturated heterocycles. The standard InChI is InChI=1S/C20H19BrClNO4S/c1-3-23-19(24)17(28-20(23)25)10-13-8-15(21)18(16(9-13)26-2)27-11-12-5-4-6-14(22)7-12/h4-9,17H,3,10-11H2,1-2H3/t17-/m0/s1. The second kappa shape index (κ2) is 9.20. The third-order valence-electron chi connectivity index (χ3n) is 4.30. The van der Waals surface area contributed by atoms with Crippen LogP contribution in [0, 0.1) is 0 Å². The Kier molecular flexibility index (Phi) is 6.91. The summed E-state index contributed by atoms with van der Waals surface area (Å²) in [5.41, 5.74) is 1.83. The SMILES string of the molecule is CCN1C(=O)S[C@@H](Cc2cc(Br)c(OCc3cccc(Cl)c3)c(OC)c2)C1=O. The van der Waals surface area contributed by atoms with Crippen LogP contribution in [0.4, 0.5) is 4.79 Å². The van der Waals surface area contributed by atoms with Gasteiger partial charge in [0.25, 0.3) is 5.24 Å². The van der Waals surface area contributed by atoms with Gasteiger partial charge in [-0.1, -0.05) is 35.5 Å². The summed E-state index contributed by atoms with van der Waals surface area (Å²) in [6.07, 6.45) is 0.440. The number of halogens is 2. The number of imide groups is 1. The lowest BCUT2D eigenvalue weighted by Crippen LogP contribution is -2.31. The first-order valence-electron chi connectivity index (χ1n) is 8.68. The summed E-state index contributed by atoms with van der Waals surface area (Å²) in [5.74, 6) is 0.984. The molecule has 1 aliphatic heterocycles. The van der Waals surface area contributed by atoms with Gasteiger partial charge in [0.05, 0.1) is 16.8 Å². The Morgan fingerprint density at radius 3 is 2.64 bits per heavy atom. The zero-order valence-corrected chi connectivity index (χ0v) is 18.6. The van der Waals surface area contributed by atoms with Crippen LogP contribution in [-0.4, -0.2) is 35.0 Å². The highest BCUT2D eigenvalue weighted by Gasteiger charge is 2.38. The fourth-order valence-corrected chi connectivity index (χ4v) is 4.85. The molecule has 28 heavy (non-hydrogen) atoms. The second-order valence-electron chi connectivity index (χ2n) is 6.19. The summed E-state index contributed by atoms with van der Waals surface area (Å²) in [6.45, 7) is 2.53. The van der Waals surface area contributed by atoms with Gasteiger partial charge in [0.1, 0.15) is 6.61 Å². The van der Waals surface area contributed by atoms with Crippen LogP contribution in [0.1, 0.15) is 18.1 Å². The number of thioether (sulfide) groups is 1. The summed E-state index contributed by atoms with van der Waals surface area (Å²) >= 11 is 10.6. The van der Waals surface area contributed by atoms with Crippen molar-refractivity contribution < 1.29 is 19.1 Å². The number of carbonyl (C=O) groups is 2. The Hall–Kier alpha value is -1.70. The van der Waals surface area contributed by atoms with Gasteiger partial charge in [-0.2, -0.15) is 0 Å². The van der Waals surface area contributed by atoms with E-state index >= 15 is 0 Å². The molecular formula is C20H19BrClNO4S. The van der Waals surface area contributed by atoms with E-state index in [-0.39, 0.29) is 11.1 Å². The lowest BCUT2D eigenvalue weighted by molar-refractivity contribution is -0.126. The van der Waals surface area contributed by atoms with Crippen LogP contribution >= 0.6 is 39.3 Å². The lowest BCUT2D eigenvalue weighted by Gasteiger charge is -2.16. The fraction of sp³-hybridized carbons (Fsp3) is 0.300. The Morgan fingerprint density at radius 1 is 1.21 bits per heavy atom. The van der Waals surface area contributed by atoms with Crippen molar-refractivity contribution in [1.82, 2.24) is 4.90 Å². The summed E-state index contributed by atoms with van der Waals surface area (Å²) in [6, 6.07) is 11.2. The molecule has 0 unspecified atom stereocenters. The van der Waals surface area contributed by atoms with E-state index in [1.165, 1.54) is 4.90 Å². The van der Waals surface area contributed by atoms with Gasteiger partial charge in [-0.05, 0) is 64.7 Å². The number of hydrogen-bond acceptors (Lipinski definition) is 5. The van der Waals surface area contributed by atoms with Gasteiger partial charge < -0.3 is 9.47 Å². The first-order chi connectivity index (χ1) is 13.4. The summed E-state index contributed by atoms with van der Waals surface area (Å²) in [4.78, 5) is 25.5. The van der Waals surface area contributed by atoms with Gasteiger partial charge >= 0.3 is 0 Å². The molecule has 2 aromatic carbocycles. The van der Waals surface area contributed by atoms with Crippen molar-refractivity contribution in [2.24, 2.45) is 0 Å². The number of amides is 2. The molecule has 0 saturated carbocycles. The van der Waals surface area contributed by atoms with Crippen LogP contribution < -0.4 is 9.47 Å². The molecule has 1 heterocycles. The van der Waals surface area contributed by atoms with E-state index in [0.29, 0.717) is 36.1 Å². The fourth-order valence-electron chi connectivity index (χ4n) is 2.94. The van der Waals surface area contributed by atoms with Gasteiger partial charge in [-0.25, -0.2) is 0 Å². The highest BCUT2D eigenvalue weighted by atomic mass is 79.9. The molecule has 0 aliphatic carbocycles. The van der Waals surface area contributed by atoms with Crippen LogP contribution in [0.5, 0.6) is 11.5 Å². The predicted octanol–water partition coefficient (Wildman–Crippen LogP) is 5.32. The minimum absolute atomic E-state index is 0.145. The average Bonchev–Trinajstić information content (AvgIpc) is 2.93. The Bertz CT molecular complexity index is 908. The van der Waals surface area contributed by atoms with E-state index in [1.807, 2.05) is 36.4 Å². The second-order valence-corrected chi connectivity index (χ2v) is 8.63. The molecule has 8 heteroatoms. The molecule has 1 aliphatic rings. The molecule has 2 amide bonds. The molecule has 3 rings (SSSR count). The topological polar surface area (TPSA) is 55.8 Å². The molecule has 0 aromatic heterocycles. The number of rotatable bonds is 7. The molecule has 0 bridgehead atoms. The highest BCUT2D eigenvalue weighted by Crippen LogP contribution is 2.39. The normalized spacial score (nSPS) is 16.6. The van der Waals surface area contributed by atoms with E-state index in [1.54, 1.807) is 14.0 Å². The van der Waals surface area contributed by atoms with Crippen molar-refractivity contribution in [2.45, 2.75) is 25.2 Å². The van der Waals surface area contributed by atoms with Crippen molar-refractivity contribution in [3.8, 4) is 11.5 Å².